The van der Waals surface area contributed by atoms with Gasteiger partial charge >= 0.3 is 11.0 Å². The summed E-state index contributed by atoms with van der Waals surface area (Å²) in [5.41, 5.74) is -0.519. The molecule has 0 aliphatic heterocycles. The summed E-state index contributed by atoms with van der Waals surface area (Å²) in [6.45, 7) is 0. The van der Waals surface area contributed by atoms with Crippen molar-refractivity contribution in [2.24, 2.45) is 0 Å². The van der Waals surface area contributed by atoms with E-state index in [9.17, 15) is 22.8 Å². The standard InChI is InChI=1S/C11H7F3N2O2S/c12-11(13,14)6-1-3-7(4-2-6)15-9(17)8-5-19-10(18)16-8/h1-5H,(H,15,17)(H,16,18). The molecule has 0 saturated carbocycles. The Balaban J connectivity index is 2.12. The largest absolute Gasteiger partial charge is 0.416 e. The Morgan fingerprint density at radius 1 is 1.21 bits per heavy atom. The van der Waals surface area contributed by atoms with E-state index in [1.54, 1.807) is 0 Å². The van der Waals surface area contributed by atoms with Crippen LogP contribution in [0.1, 0.15) is 16.1 Å². The van der Waals surface area contributed by atoms with Crippen LogP contribution in [0, 0.1) is 0 Å². The van der Waals surface area contributed by atoms with Gasteiger partial charge in [-0.05, 0) is 24.3 Å². The molecule has 0 unspecified atom stereocenters. The fourth-order valence-electron chi connectivity index (χ4n) is 1.33. The lowest BCUT2D eigenvalue weighted by molar-refractivity contribution is -0.137. The number of H-pyrrole nitrogens is 1. The van der Waals surface area contributed by atoms with Crippen molar-refractivity contribution >= 4 is 22.9 Å². The average Bonchev–Trinajstić information content (AvgIpc) is 2.75. The smallest absolute Gasteiger partial charge is 0.321 e. The first kappa shape index (κ1) is 13.3. The molecule has 19 heavy (non-hydrogen) atoms. The summed E-state index contributed by atoms with van der Waals surface area (Å²) in [6, 6.07) is 4.02. The van der Waals surface area contributed by atoms with Crippen molar-refractivity contribution in [3.63, 3.8) is 0 Å². The van der Waals surface area contributed by atoms with E-state index in [2.05, 4.69) is 10.3 Å². The van der Waals surface area contributed by atoms with Crippen molar-refractivity contribution in [3.05, 3.63) is 50.6 Å². The molecule has 2 aromatic rings. The molecule has 1 amide bonds. The Hall–Kier alpha value is -2.09. The minimum Gasteiger partial charge on any atom is -0.321 e. The maximum Gasteiger partial charge on any atom is 0.416 e. The lowest BCUT2D eigenvalue weighted by atomic mass is 10.2. The fraction of sp³-hybridized carbons (Fsp3) is 0.0909. The minimum absolute atomic E-state index is 0.0647. The number of hydrogen-bond acceptors (Lipinski definition) is 3. The van der Waals surface area contributed by atoms with Crippen LogP contribution in [0.3, 0.4) is 0 Å². The van der Waals surface area contributed by atoms with E-state index >= 15 is 0 Å². The van der Waals surface area contributed by atoms with E-state index in [1.807, 2.05) is 0 Å². The third-order valence-electron chi connectivity index (χ3n) is 2.24. The van der Waals surface area contributed by atoms with E-state index in [0.717, 1.165) is 35.6 Å². The first-order valence-electron chi connectivity index (χ1n) is 5.03. The van der Waals surface area contributed by atoms with Crippen LogP contribution in [-0.4, -0.2) is 10.9 Å². The first-order valence-corrected chi connectivity index (χ1v) is 5.90. The zero-order valence-corrected chi connectivity index (χ0v) is 10.1. The Morgan fingerprint density at radius 3 is 2.32 bits per heavy atom. The van der Waals surface area contributed by atoms with Crippen molar-refractivity contribution in [1.29, 1.82) is 0 Å². The number of alkyl halides is 3. The second-order valence-electron chi connectivity index (χ2n) is 3.59. The zero-order chi connectivity index (χ0) is 14.0. The second kappa shape index (κ2) is 4.88. The SMILES string of the molecule is O=C(Nc1ccc(C(F)(F)F)cc1)c1csc(=O)[nH]1. The number of carbonyl (C=O) groups excluding carboxylic acids is 1. The summed E-state index contributed by atoms with van der Waals surface area (Å²) in [7, 11) is 0. The van der Waals surface area contributed by atoms with Gasteiger partial charge in [-0.1, -0.05) is 11.3 Å². The molecule has 1 aromatic heterocycles. The maximum absolute atomic E-state index is 12.3. The maximum atomic E-state index is 12.3. The third kappa shape index (κ3) is 3.22. The van der Waals surface area contributed by atoms with Crippen LogP contribution in [-0.2, 0) is 6.18 Å². The van der Waals surface area contributed by atoms with Crippen LogP contribution in [0.15, 0.2) is 34.4 Å². The Kier molecular flexibility index (Phi) is 3.43. The van der Waals surface area contributed by atoms with Crippen molar-refractivity contribution in [2.45, 2.75) is 6.18 Å². The predicted molar refractivity (Wildman–Crippen MR) is 64.3 cm³/mol. The molecule has 0 aliphatic carbocycles. The molecule has 0 saturated heterocycles. The highest BCUT2D eigenvalue weighted by molar-refractivity contribution is 7.07. The molecule has 0 spiro atoms. The normalized spacial score (nSPS) is 11.3. The van der Waals surface area contributed by atoms with Gasteiger partial charge in [-0.15, -0.1) is 0 Å². The Morgan fingerprint density at radius 2 is 1.84 bits per heavy atom. The number of aromatic amines is 1. The van der Waals surface area contributed by atoms with E-state index in [0.29, 0.717) is 0 Å². The highest BCUT2D eigenvalue weighted by Crippen LogP contribution is 2.29. The van der Waals surface area contributed by atoms with Gasteiger partial charge in [0.05, 0.1) is 5.56 Å². The highest BCUT2D eigenvalue weighted by atomic mass is 32.1. The Labute approximate surface area is 108 Å². The number of halogens is 3. The summed E-state index contributed by atoms with van der Waals surface area (Å²) >= 11 is 0.828. The second-order valence-corrected chi connectivity index (χ2v) is 4.43. The molecule has 0 bridgehead atoms. The van der Waals surface area contributed by atoms with Crippen LogP contribution in [0.4, 0.5) is 18.9 Å². The lowest BCUT2D eigenvalue weighted by Gasteiger charge is -2.08. The summed E-state index contributed by atoms with van der Waals surface area (Å²) in [6.07, 6.45) is -4.42. The number of thiazole rings is 1. The number of nitrogens with one attached hydrogen (secondary N) is 2. The van der Waals surface area contributed by atoms with Gasteiger partial charge in [0.15, 0.2) is 0 Å². The average molecular weight is 288 g/mol. The molecule has 2 rings (SSSR count). The summed E-state index contributed by atoms with van der Waals surface area (Å²) in [4.78, 5) is 24.4. The van der Waals surface area contributed by atoms with Crippen molar-refractivity contribution in [3.8, 4) is 0 Å². The van der Waals surface area contributed by atoms with Crippen LogP contribution < -0.4 is 10.2 Å². The number of rotatable bonds is 2. The van der Waals surface area contributed by atoms with Crippen molar-refractivity contribution < 1.29 is 18.0 Å². The number of anilines is 1. The number of aromatic nitrogens is 1. The topological polar surface area (TPSA) is 62.0 Å². The van der Waals surface area contributed by atoms with Crippen molar-refractivity contribution in [2.75, 3.05) is 5.32 Å². The molecule has 0 fully saturated rings. The van der Waals surface area contributed by atoms with Crippen LogP contribution in [0.2, 0.25) is 0 Å². The number of hydrogen-bond donors (Lipinski definition) is 2. The minimum atomic E-state index is -4.42. The molecule has 100 valence electrons. The third-order valence-corrected chi connectivity index (χ3v) is 2.90. The molecule has 0 atom stereocenters. The molecular formula is C11H7F3N2O2S. The van der Waals surface area contributed by atoms with E-state index < -0.39 is 17.6 Å². The molecule has 4 nitrogen and oxygen atoms in total. The van der Waals surface area contributed by atoms with Crippen LogP contribution in [0.5, 0.6) is 0 Å². The van der Waals surface area contributed by atoms with Gasteiger partial charge in [-0.25, -0.2) is 0 Å². The molecule has 1 aromatic carbocycles. The van der Waals surface area contributed by atoms with Gasteiger partial charge < -0.3 is 10.3 Å². The van der Waals surface area contributed by atoms with E-state index in [1.165, 1.54) is 5.38 Å². The first-order chi connectivity index (χ1) is 8.86. The van der Waals surface area contributed by atoms with Gasteiger partial charge in [0.2, 0.25) is 0 Å². The van der Waals surface area contributed by atoms with Crippen LogP contribution >= 0.6 is 11.3 Å². The molecule has 1 heterocycles. The molecule has 8 heteroatoms. The Bertz CT molecular complexity index is 643. The van der Waals surface area contributed by atoms with Gasteiger partial charge in [0, 0.05) is 11.1 Å². The number of amides is 1. The highest BCUT2D eigenvalue weighted by Gasteiger charge is 2.29. The summed E-state index contributed by atoms with van der Waals surface area (Å²) in [5, 5.41) is 3.72. The molecular weight excluding hydrogens is 281 g/mol. The monoisotopic (exact) mass is 288 g/mol. The lowest BCUT2D eigenvalue weighted by Crippen LogP contribution is -2.14. The number of carbonyl (C=O) groups is 1. The van der Waals surface area contributed by atoms with Crippen LogP contribution in [0.25, 0.3) is 0 Å². The van der Waals surface area contributed by atoms with Gasteiger partial charge in [-0.3, -0.25) is 9.59 Å². The van der Waals surface area contributed by atoms with E-state index in [-0.39, 0.29) is 16.3 Å². The molecule has 0 aliphatic rings. The quantitative estimate of drug-likeness (QED) is 0.892. The van der Waals surface area contributed by atoms with Gasteiger partial charge in [0.25, 0.3) is 5.91 Å². The van der Waals surface area contributed by atoms with Gasteiger partial charge in [-0.2, -0.15) is 13.2 Å². The predicted octanol–water partition coefficient (Wildman–Crippen LogP) is 2.71. The summed E-state index contributed by atoms with van der Waals surface area (Å²) < 4.78 is 37.0. The van der Waals surface area contributed by atoms with Gasteiger partial charge in [0.1, 0.15) is 5.69 Å². The number of benzene rings is 1. The van der Waals surface area contributed by atoms with E-state index in [4.69, 9.17) is 0 Å². The zero-order valence-electron chi connectivity index (χ0n) is 9.25. The fourth-order valence-corrected chi connectivity index (χ4v) is 1.89. The molecule has 2 N–H and O–H groups in total. The van der Waals surface area contributed by atoms with Crippen molar-refractivity contribution in [1.82, 2.24) is 4.98 Å². The molecule has 0 radical (unpaired) electrons. The summed E-state index contributed by atoms with van der Waals surface area (Å²) in [5.74, 6) is -0.585.